The van der Waals surface area contributed by atoms with Gasteiger partial charge in [-0.15, -0.1) is 0 Å². The molecule has 0 unspecified atom stereocenters. The highest BCUT2D eigenvalue weighted by Gasteiger charge is 2.35. The van der Waals surface area contributed by atoms with Crippen LogP contribution in [0.15, 0.2) is 36.4 Å². The van der Waals surface area contributed by atoms with E-state index in [0.717, 1.165) is 11.8 Å². The van der Waals surface area contributed by atoms with Crippen molar-refractivity contribution in [3.63, 3.8) is 0 Å². The van der Waals surface area contributed by atoms with Crippen molar-refractivity contribution in [2.75, 3.05) is 12.8 Å². The molecule has 2 amide bonds. The molecule has 10 heteroatoms. The van der Waals surface area contributed by atoms with Gasteiger partial charge in [0.15, 0.2) is 0 Å². The number of rotatable bonds is 11. The van der Waals surface area contributed by atoms with Crippen molar-refractivity contribution in [2.24, 2.45) is 17.8 Å². The third kappa shape index (κ3) is 8.32. The highest BCUT2D eigenvalue weighted by Crippen LogP contribution is 2.25. The van der Waals surface area contributed by atoms with E-state index in [9.17, 15) is 23.2 Å². The van der Waals surface area contributed by atoms with E-state index >= 15 is 0 Å². The summed E-state index contributed by atoms with van der Waals surface area (Å²) in [5.41, 5.74) is 4.73. The van der Waals surface area contributed by atoms with Crippen LogP contribution in [0.25, 0.3) is 6.08 Å². The Balaban J connectivity index is 3.13. The fraction of sp³-hybridized carbons (Fsp3) is 0.450. The minimum Gasteiger partial charge on any atom is -0.289 e. The number of hydroxylamine groups is 1. The molecule has 0 bridgehead atoms. The predicted molar refractivity (Wildman–Crippen MR) is 112 cm³/mol. The molecule has 2 atom stereocenters. The van der Waals surface area contributed by atoms with E-state index in [1.54, 1.807) is 23.7 Å². The largest absolute Gasteiger partial charge is 0.289 e. The molecule has 3 N–H and O–H groups in total. The maximum absolute atomic E-state index is 12.9. The van der Waals surface area contributed by atoms with Gasteiger partial charge in [0.2, 0.25) is 21.8 Å². The maximum atomic E-state index is 12.9. The predicted octanol–water partition coefficient (Wildman–Crippen LogP) is 1.69. The molecule has 0 saturated heterocycles. The van der Waals surface area contributed by atoms with Gasteiger partial charge >= 0.3 is 0 Å². The Kier molecular flexibility index (Phi) is 10.2. The molecule has 0 fully saturated rings. The number of benzene rings is 1. The number of allylic oxidation sites excluding steroid dienone is 1. The van der Waals surface area contributed by atoms with Crippen molar-refractivity contribution in [1.29, 1.82) is 5.26 Å². The number of carbonyl (C=O) groups excluding carboxylic acids is 2. The van der Waals surface area contributed by atoms with Gasteiger partial charge in [-0.05, 0) is 24.3 Å². The van der Waals surface area contributed by atoms with Crippen LogP contribution in [0, 0.1) is 29.1 Å². The number of hydrogen-bond donors (Lipinski definition) is 3. The van der Waals surface area contributed by atoms with Crippen molar-refractivity contribution in [1.82, 2.24) is 15.3 Å². The Bertz CT molecular complexity index is 878. The van der Waals surface area contributed by atoms with E-state index in [1.165, 1.54) is 0 Å². The van der Waals surface area contributed by atoms with E-state index in [-0.39, 0.29) is 18.8 Å². The van der Waals surface area contributed by atoms with Crippen molar-refractivity contribution in [3.8, 4) is 6.07 Å². The Hall–Kier alpha value is -2.74. The first-order valence-electron chi connectivity index (χ1n) is 9.40. The van der Waals surface area contributed by atoms with Crippen LogP contribution in [0.1, 0.15) is 32.3 Å². The van der Waals surface area contributed by atoms with Gasteiger partial charge < -0.3 is 0 Å². The Morgan fingerprint density at radius 2 is 1.83 bits per heavy atom. The third-order valence-electron chi connectivity index (χ3n) is 4.34. The fourth-order valence-electron chi connectivity index (χ4n) is 2.92. The van der Waals surface area contributed by atoms with E-state index < -0.39 is 40.2 Å². The number of nitrogens with zero attached hydrogens (tertiary/aromatic N) is 2. The molecule has 0 aromatic heterocycles. The second-order valence-electron chi connectivity index (χ2n) is 7.27. The van der Waals surface area contributed by atoms with Gasteiger partial charge in [-0.1, -0.05) is 60.7 Å². The van der Waals surface area contributed by atoms with Crippen LogP contribution in [0.5, 0.6) is 0 Å². The molecule has 1 aromatic rings. The summed E-state index contributed by atoms with van der Waals surface area (Å²) in [7, 11) is -3.87. The van der Waals surface area contributed by atoms with Gasteiger partial charge in [0, 0.05) is 0 Å². The molecular formula is C20H28N4O5S. The van der Waals surface area contributed by atoms with Crippen LogP contribution < -0.4 is 10.9 Å². The summed E-state index contributed by atoms with van der Waals surface area (Å²) in [5.74, 6) is -3.33. The van der Waals surface area contributed by atoms with Crippen LogP contribution >= 0.6 is 0 Å². The molecule has 9 nitrogen and oxygen atoms in total. The molecule has 1 aromatic carbocycles. The molecule has 1 rings (SSSR count). The van der Waals surface area contributed by atoms with Crippen LogP contribution in [0.4, 0.5) is 0 Å². The Labute approximate surface area is 177 Å². The lowest BCUT2D eigenvalue weighted by Gasteiger charge is -2.27. The summed E-state index contributed by atoms with van der Waals surface area (Å²) in [6, 6.07) is 11.0. The van der Waals surface area contributed by atoms with Gasteiger partial charge in [0.1, 0.15) is 6.54 Å². The summed E-state index contributed by atoms with van der Waals surface area (Å²) in [4.78, 5) is 25.2. The smallest absolute Gasteiger partial charge is 0.247 e. The lowest BCUT2D eigenvalue weighted by molar-refractivity contribution is -0.141. The van der Waals surface area contributed by atoms with Crippen molar-refractivity contribution < 1.29 is 23.2 Å². The summed E-state index contributed by atoms with van der Waals surface area (Å²) in [6.07, 6.45) is 4.79. The second-order valence-corrected chi connectivity index (χ2v) is 9.18. The lowest BCUT2D eigenvalue weighted by Crippen LogP contribution is -2.50. The number of amides is 2. The highest BCUT2D eigenvalue weighted by molar-refractivity contribution is 7.88. The van der Waals surface area contributed by atoms with Gasteiger partial charge in [0.25, 0.3) is 0 Å². The van der Waals surface area contributed by atoms with E-state index in [0.29, 0.717) is 4.41 Å². The van der Waals surface area contributed by atoms with E-state index in [4.69, 9.17) is 5.26 Å². The first-order chi connectivity index (χ1) is 14.1. The van der Waals surface area contributed by atoms with E-state index in [2.05, 4.69) is 5.43 Å². The first-order valence-corrected chi connectivity index (χ1v) is 11.3. The average Bonchev–Trinajstić information content (AvgIpc) is 2.68. The van der Waals surface area contributed by atoms with Gasteiger partial charge in [-0.25, -0.2) is 13.9 Å². The zero-order chi connectivity index (χ0) is 22.7. The SMILES string of the molecule is CC(C)C[C@H](C(=O)NN(CC#N)S(C)(=O)=O)[C@H](CC=Cc1ccccc1)C(=O)NO. The summed E-state index contributed by atoms with van der Waals surface area (Å²) < 4.78 is 24.2. The topological polar surface area (TPSA) is 140 Å². The number of sulfonamides is 1. The number of nitrogens with one attached hydrogen (secondary N) is 2. The standard InChI is InChI=1S/C20H28N4O5S/c1-15(2)14-18(19(25)22-24(13-12-21)30(3,28)29)17(20(26)23-27)11-7-10-16-8-5-4-6-9-16/h4-10,15,17-18,27H,11,13-14H2,1-3H3,(H,22,25)(H,23,26)/t17-,18-/m0/s1. The second kappa shape index (κ2) is 12.1. The minimum absolute atomic E-state index is 0.00972. The number of hydrogen-bond acceptors (Lipinski definition) is 6. The number of hydrazine groups is 1. The monoisotopic (exact) mass is 436 g/mol. The summed E-state index contributed by atoms with van der Waals surface area (Å²) in [6.45, 7) is 3.15. The molecule has 0 aliphatic heterocycles. The van der Waals surface area contributed by atoms with Gasteiger partial charge in [-0.2, -0.15) is 5.26 Å². The zero-order valence-electron chi connectivity index (χ0n) is 17.3. The molecule has 0 radical (unpaired) electrons. The molecule has 0 aliphatic carbocycles. The molecule has 30 heavy (non-hydrogen) atoms. The van der Waals surface area contributed by atoms with Crippen LogP contribution in [-0.2, 0) is 19.6 Å². The molecule has 0 aliphatic rings. The Morgan fingerprint density at radius 1 is 1.20 bits per heavy atom. The quantitative estimate of drug-likeness (QED) is 0.274. The first kappa shape index (κ1) is 25.3. The number of carbonyl (C=O) groups is 2. The molecule has 164 valence electrons. The van der Waals surface area contributed by atoms with Gasteiger partial charge in [0.05, 0.1) is 24.2 Å². The summed E-state index contributed by atoms with van der Waals surface area (Å²) >= 11 is 0. The molecular weight excluding hydrogens is 408 g/mol. The van der Waals surface area contributed by atoms with Crippen molar-refractivity contribution in [3.05, 3.63) is 42.0 Å². The normalized spacial score (nSPS) is 13.8. The van der Waals surface area contributed by atoms with E-state index in [1.807, 2.05) is 44.2 Å². The average molecular weight is 437 g/mol. The van der Waals surface area contributed by atoms with Crippen molar-refractivity contribution >= 4 is 27.9 Å². The minimum atomic E-state index is -3.87. The maximum Gasteiger partial charge on any atom is 0.247 e. The van der Waals surface area contributed by atoms with Crippen LogP contribution in [-0.4, -0.2) is 42.7 Å². The van der Waals surface area contributed by atoms with Crippen molar-refractivity contribution in [2.45, 2.75) is 26.7 Å². The summed E-state index contributed by atoms with van der Waals surface area (Å²) in [5, 5.41) is 18.0. The fourth-order valence-corrected chi connectivity index (χ4v) is 3.47. The molecule has 0 heterocycles. The van der Waals surface area contributed by atoms with Crippen LogP contribution in [0.2, 0.25) is 0 Å². The highest BCUT2D eigenvalue weighted by atomic mass is 32.2. The van der Waals surface area contributed by atoms with Gasteiger partial charge in [-0.3, -0.25) is 20.2 Å². The zero-order valence-corrected chi connectivity index (χ0v) is 18.1. The van der Waals surface area contributed by atoms with Crippen LogP contribution in [0.3, 0.4) is 0 Å². The Morgan fingerprint density at radius 3 is 2.33 bits per heavy atom. The molecule has 0 spiro atoms. The third-order valence-corrected chi connectivity index (χ3v) is 5.37. The lowest BCUT2D eigenvalue weighted by atomic mass is 9.82. The number of nitriles is 1. The molecule has 0 saturated carbocycles.